The number of nitrogens with zero attached hydrogens (tertiary/aromatic N) is 3. The maximum absolute atomic E-state index is 11.8. The Morgan fingerprint density at radius 1 is 1.45 bits per heavy atom. The first-order chi connectivity index (χ1) is 9.74. The SMILES string of the molecule is Cc1ncsc1C(=O)OCc1nc(-c2cccs2)no1. The van der Waals surface area contributed by atoms with Gasteiger partial charge in [-0.2, -0.15) is 4.98 Å². The summed E-state index contributed by atoms with van der Waals surface area (Å²) in [5.41, 5.74) is 2.26. The zero-order valence-corrected chi connectivity index (χ0v) is 12.0. The predicted molar refractivity (Wildman–Crippen MR) is 73.6 cm³/mol. The Hall–Kier alpha value is -2.06. The van der Waals surface area contributed by atoms with Crippen LogP contribution in [0.4, 0.5) is 0 Å². The van der Waals surface area contributed by atoms with Gasteiger partial charge in [-0.05, 0) is 18.4 Å². The molecule has 3 aromatic heterocycles. The van der Waals surface area contributed by atoms with Crippen molar-refractivity contribution in [2.24, 2.45) is 0 Å². The predicted octanol–water partition coefficient (Wildman–Crippen LogP) is 2.92. The summed E-state index contributed by atoms with van der Waals surface area (Å²) in [4.78, 5) is 21.4. The van der Waals surface area contributed by atoms with E-state index in [0.717, 1.165) is 4.88 Å². The van der Waals surface area contributed by atoms with Crippen LogP contribution in [-0.4, -0.2) is 21.1 Å². The van der Waals surface area contributed by atoms with Crippen LogP contribution in [0.2, 0.25) is 0 Å². The van der Waals surface area contributed by atoms with Gasteiger partial charge in [0.05, 0.1) is 16.1 Å². The zero-order valence-electron chi connectivity index (χ0n) is 10.4. The maximum atomic E-state index is 11.8. The number of rotatable bonds is 4. The second-order valence-corrected chi connectivity index (χ2v) is 5.63. The molecule has 0 atom stereocenters. The monoisotopic (exact) mass is 307 g/mol. The van der Waals surface area contributed by atoms with E-state index in [9.17, 15) is 4.79 Å². The van der Waals surface area contributed by atoms with E-state index in [2.05, 4.69) is 15.1 Å². The lowest BCUT2D eigenvalue weighted by molar-refractivity contribution is 0.0434. The lowest BCUT2D eigenvalue weighted by Crippen LogP contribution is -2.05. The Balaban J connectivity index is 1.65. The van der Waals surface area contributed by atoms with Gasteiger partial charge in [-0.15, -0.1) is 22.7 Å². The fourth-order valence-electron chi connectivity index (χ4n) is 1.51. The number of hydrogen-bond donors (Lipinski definition) is 0. The molecule has 20 heavy (non-hydrogen) atoms. The fourth-order valence-corrected chi connectivity index (χ4v) is 2.85. The average Bonchev–Trinajstić information content (AvgIpc) is 3.16. The quantitative estimate of drug-likeness (QED) is 0.690. The smallest absolute Gasteiger partial charge is 0.350 e. The third-order valence-corrected chi connectivity index (χ3v) is 4.24. The molecule has 6 nitrogen and oxygen atoms in total. The van der Waals surface area contributed by atoms with E-state index >= 15 is 0 Å². The Labute approximate surface area is 122 Å². The number of carbonyl (C=O) groups excluding carboxylic acids is 1. The summed E-state index contributed by atoms with van der Waals surface area (Å²) < 4.78 is 10.2. The van der Waals surface area contributed by atoms with E-state index in [1.165, 1.54) is 22.7 Å². The van der Waals surface area contributed by atoms with Crippen LogP contribution >= 0.6 is 22.7 Å². The van der Waals surface area contributed by atoms with E-state index < -0.39 is 5.97 Å². The summed E-state index contributed by atoms with van der Waals surface area (Å²) in [6.45, 7) is 1.71. The molecular formula is C12H9N3O3S2. The zero-order chi connectivity index (χ0) is 13.9. The number of aryl methyl sites for hydroxylation is 1. The summed E-state index contributed by atoms with van der Waals surface area (Å²) >= 11 is 2.76. The molecule has 0 unspecified atom stereocenters. The molecule has 8 heteroatoms. The molecule has 0 bridgehead atoms. The van der Waals surface area contributed by atoms with Crippen LogP contribution in [0.5, 0.6) is 0 Å². The minimum Gasteiger partial charge on any atom is -0.451 e. The highest BCUT2D eigenvalue weighted by atomic mass is 32.1. The number of thiophene rings is 1. The van der Waals surface area contributed by atoms with Crippen molar-refractivity contribution in [3.8, 4) is 10.7 Å². The molecule has 0 aliphatic heterocycles. The Morgan fingerprint density at radius 2 is 2.35 bits per heavy atom. The molecule has 3 rings (SSSR count). The molecule has 3 aromatic rings. The summed E-state index contributed by atoms with van der Waals surface area (Å²) in [6, 6.07) is 3.80. The molecule has 0 N–H and O–H groups in total. The van der Waals surface area contributed by atoms with Gasteiger partial charge in [0.1, 0.15) is 4.88 Å². The lowest BCUT2D eigenvalue weighted by atomic mass is 10.4. The minimum atomic E-state index is -0.430. The van der Waals surface area contributed by atoms with Gasteiger partial charge in [0.2, 0.25) is 5.82 Å². The van der Waals surface area contributed by atoms with Gasteiger partial charge in [0.25, 0.3) is 5.89 Å². The van der Waals surface area contributed by atoms with Gasteiger partial charge < -0.3 is 9.26 Å². The molecular weight excluding hydrogens is 298 g/mol. The molecule has 0 spiro atoms. The highest BCUT2D eigenvalue weighted by molar-refractivity contribution is 7.13. The van der Waals surface area contributed by atoms with Gasteiger partial charge in [0.15, 0.2) is 6.61 Å². The highest BCUT2D eigenvalue weighted by Gasteiger charge is 2.16. The van der Waals surface area contributed by atoms with E-state index in [1.54, 1.807) is 12.4 Å². The topological polar surface area (TPSA) is 78.1 Å². The van der Waals surface area contributed by atoms with E-state index in [1.807, 2.05) is 17.5 Å². The highest BCUT2D eigenvalue weighted by Crippen LogP contribution is 2.21. The number of ether oxygens (including phenoxy) is 1. The molecule has 0 aromatic carbocycles. The van der Waals surface area contributed by atoms with Gasteiger partial charge in [0, 0.05) is 0 Å². The third kappa shape index (κ3) is 2.61. The van der Waals surface area contributed by atoms with Crippen LogP contribution in [0.25, 0.3) is 10.7 Å². The first kappa shape index (κ1) is 12.9. The van der Waals surface area contributed by atoms with Crippen molar-refractivity contribution in [1.29, 1.82) is 0 Å². The van der Waals surface area contributed by atoms with Crippen molar-refractivity contribution < 1.29 is 14.1 Å². The second-order valence-electron chi connectivity index (χ2n) is 3.83. The molecule has 0 fully saturated rings. The number of hydrogen-bond acceptors (Lipinski definition) is 8. The molecule has 0 aliphatic rings. The lowest BCUT2D eigenvalue weighted by Gasteiger charge is -1.99. The fraction of sp³-hybridized carbons (Fsp3) is 0.167. The molecule has 0 saturated heterocycles. The van der Waals surface area contributed by atoms with Crippen molar-refractivity contribution >= 4 is 28.6 Å². The number of aromatic nitrogens is 3. The third-order valence-electron chi connectivity index (χ3n) is 2.47. The molecule has 0 amide bonds. The van der Waals surface area contributed by atoms with Gasteiger partial charge in [-0.25, -0.2) is 9.78 Å². The van der Waals surface area contributed by atoms with Crippen LogP contribution in [0.1, 0.15) is 21.3 Å². The first-order valence-corrected chi connectivity index (χ1v) is 7.43. The number of thiazole rings is 1. The van der Waals surface area contributed by atoms with Crippen molar-refractivity contribution in [3.05, 3.63) is 39.5 Å². The van der Waals surface area contributed by atoms with E-state index in [0.29, 0.717) is 16.4 Å². The largest absolute Gasteiger partial charge is 0.451 e. The maximum Gasteiger partial charge on any atom is 0.350 e. The van der Waals surface area contributed by atoms with Gasteiger partial charge in [-0.1, -0.05) is 11.2 Å². The van der Waals surface area contributed by atoms with Crippen molar-refractivity contribution in [1.82, 2.24) is 15.1 Å². The van der Waals surface area contributed by atoms with E-state index in [4.69, 9.17) is 9.26 Å². The summed E-state index contributed by atoms with van der Waals surface area (Å²) in [7, 11) is 0. The number of carbonyl (C=O) groups is 1. The molecule has 3 heterocycles. The second kappa shape index (κ2) is 5.51. The van der Waals surface area contributed by atoms with Gasteiger partial charge in [-0.3, -0.25) is 0 Å². The van der Waals surface area contributed by atoms with Gasteiger partial charge >= 0.3 is 5.97 Å². The van der Waals surface area contributed by atoms with Crippen LogP contribution in [-0.2, 0) is 11.3 Å². The molecule has 102 valence electrons. The van der Waals surface area contributed by atoms with Crippen molar-refractivity contribution in [2.45, 2.75) is 13.5 Å². The molecule has 0 saturated carbocycles. The number of esters is 1. The Bertz CT molecular complexity index is 718. The van der Waals surface area contributed by atoms with Crippen molar-refractivity contribution in [3.63, 3.8) is 0 Å². The summed E-state index contributed by atoms with van der Waals surface area (Å²) in [6.07, 6.45) is 0. The van der Waals surface area contributed by atoms with E-state index in [-0.39, 0.29) is 12.5 Å². The normalized spacial score (nSPS) is 10.7. The molecule has 0 radical (unpaired) electrons. The Morgan fingerprint density at radius 3 is 3.05 bits per heavy atom. The standard InChI is InChI=1S/C12H9N3O3S2/c1-7-10(20-6-13-7)12(16)17-5-9-14-11(15-18-9)8-3-2-4-19-8/h2-4,6H,5H2,1H3. The van der Waals surface area contributed by atoms with Crippen molar-refractivity contribution in [2.75, 3.05) is 0 Å². The first-order valence-electron chi connectivity index (χ1n) is 5.67. The van der Waals surface area contributed by atoms with Crippen LogP contribution in [0, 0.1) is 6.92 Å². The average molecular weight is 307 g/mol. The Kier molecular flexibility index (Phi) is 3.57. The summed E-state index contributed by atoms with van der Waals surface area (Å²) in [5.74, 6) is 0.338. The van der Waals surface area contributed by atoms with Crippen LogP contribution in [0.15, 0.2) is 27.5 Å². The summed E-state index contributed by atoms with van der Waals surface area (Å²) in [5, 5.41) is 5.77. The molecule has 0 aliphatic carbocycles. The van der Waals surface area contributed by atoms with Crippen LogP contribution in [0.3, 0.4) is 0 Å². The minimum absolute atomic E-state index is 0.0471. The van der Waals surface area contributed by atoms with Crippen LogP contribution < -0.4 is 0 Å².